The SMILES string of the molecule is CCOC(C)CNS(=O)(=O)N1CCC(CNC(C)C)CC1. The molecule has 0 saturated carbocycles. The molecule has 1 aliphatic heterocycles. The zero-order valence-electron chi connectivity index (χ0n) is 13.8. The molecule has 0 aromatic carbocycles. The molecule has 0 aromatic heterocycles. The first-order chi connectivity index (χ1) is 9.85. The Kier molecular flexibility index (Phi) is 8.12. The van der Waals surface area contributed by atoms with E-state index in [9.17, 15) is 8.42 Å². The largest absolute Gasteiger partial charge is 0.377 e. The Balaban J connectivity index is 2.34. The van der Waals surface area contributed by atoms with Gasteiger partial charge in [0.25, 0.3) is 10.2 Å². The van der Waals surface area contributed by atoms with Crippen LogP contribution in [-0.2, 0) is 14.9 Å². The lowest BCUT2D eigenvalue weighted by Gasteiger charge is -2.32. The molecule has 1 heterocycles. The number of hydrogen-bond donors (Lipinski definition) is 2. The van der Waals surface area contributed by atoms with E-state index in [0.717, 1.165) is 19.4 Å². The van der Waals surface area contributed by atoms with Crippen LogP contribution in [0.25, 0.3) is 0 Å². The van der Waals surface area contributed by atoms with Gasteiger partial charge >= 0.3 is 0 Å². The maximum Gasteiger partial charge on any atom is 0.279 e. The summed E-state index contributed by atoms with van der Waals surface area (Å²) in [7, 11) is -3.37. The van der Waals surface area contributed by atoms with Crippen LogP contribution in [0.5, 0.6) is 0 Å². The predicted molar refractivity (Wildman–Crippen MR) is 85.4 cm³/mol. The lowest BCUT2D eigenvalue weighted by atomic mass is 9.98. The molecule has 1 unspecified atom stereocenters. The number of piperidine rings is 1. The predicted octanol–water partition coefficient (Wildman–Crippen LogP) is 0.956. The fraction of sp³-hybridized carbons (Fsp3) is 1.00. The van der Waals surface area contributed by atoms with Gasteiger partial charge in [0.05, 0.1) is 6.10 Å². The molecule has 126 valence electrons. The minimum atomic E-state index is -3.37. The van der Waals surface area contributed by atoms with Crippen molar-refractivity contribution in [3.8, 4) is 0 Å². The fourth-order valence-corrected chi connectivity index (χ4v) is 3.73. The molecule has 0 radical (unpaired) electrons. The zero-order chi connectivity index (χ0) is 15.9. The second-order valence-corrected chi connectivity index (χ2v) is 7.78. The molecule has 1 fully saturated rings. The summed E-state index contributed by atoms with van der Waals surface area (Å²) in [6.45, 7) is 11.1. The average molecular weight is 321 g/mol. The molecule has 2 N–H and O–H groups in total. The Bertz CT molecular complexity index is 379. The van der Waals surface area contributed by atoms with Crippen LogP contribution in [0.15, 0.2) is 0 Å². The molecule has 0 aromatic rings. The highest BCUT2D eigenvalue weighted by Crippen LogP contribution is 2.18. The molecule has 6 nitrogen and oxygen atoms in total. The van der Waals surface area contributed by atoms with Gasteiger partial charge in [0, 0.05) is 32.3 Å². The van der Waals surface area contributed by atoms with Crippen molar-refractivity contribution in [2.24, 2.45) is 5.92 Å². The second kappa shape index (κ2) is 9.05. The monoisotopic (exact) mass is 321 g/mol. The van der Waals surface area contributed by atoms with Gasteiger partial charge in [-0.1, -0.05) is 13.8 Å². The fourth-order valence-electron chi connectivity index (χ4n) is 2.41. The van der Waals surface area contributed by atoms with Crippen molar-refractivity contribution < 1.29 is 13.2 Å². The summed E-state index contributed by atoms with van der Waals surface area (Å²) < 4.78 is 34.0. The third kappa shape index (κ3) is 7.06. The summed E-state index contributed by atoms with van der Waals surface area (Å²) in [5.41, 5.74) is 0. The summed E-state index contributed by atoms with van der Waals surface area (Å²) in [6, 6.07) is 0.480. The molecule has 21 heavy (non-hydrogen) atoms. The van der Waals surface area contributed by atoms with Crippen molar-refractivity contribution in [2.75, 3.05) is 32.8 Å². The van der Waals surface area contributed by atoms with Gasteiger partial charge in [-0.2, -0.15) is 17.4 Å². The normalized spacial score (nSPS) is 20.0. The summed E-state index contributed by atoms with van der Waals surface area (Å²) >= 11 is 0. The maximum atomic E-state index is 12.2. The highest BCUT2D eigenvalue weighted by atomic mass is 32.2. The average Bonchev–Trinajstić information content (AvgIpc) is 2.44. The maximum absolute atomic E-state index is 12.2. The molecule has 0 spiro atoms. The second-order valence-electron chi connectivity index (χ2n) is 6.02. The van der Waals surface area contributed by atoms with Crippen molar-refractivity contribution in [1.29, 1.82) is 0 Å². The van der Waals surface area contributed by atoms with Crippen LogP contribution >= 0.6 is 0 Å². The van der Waals surface area contributed by atoms with E-state index in [0.29, 0.717) is 38.2 Å². The number of nitrogens with zero attached hydrogens (tertiary/aromatic N) is 1. The van der Waals surface area contributed by atoms with Gasteiger partial charge in [0.2, 0.25) is 0 Å². The molecular weight excluding hydrogens is 290 g/mol. The first-order valence-electron chi connectivity index (χ1n) is 7.94. The van der Waals surface area contributed by atoms with Crippen molar-refractivity contribution in [3.63, 3.8) is 0 Å². The van der Waals surface area contributed by atoms with E-state index < -0.39 is 10.2 Å². The molecule has 0 amide bonds. The third-order valence-electron chi connectivity index (χ3n) is 3.73. The quantitative estimate of drug-likeness (QED) is 0.663. The Morgan fingerprint density at radius 2 is 1.86 bits per heavy atom. The van der Waals surface area contributed by atoms with Crippen LogP contribution < -0.4 is 10.0 Å². The smallest absolute Gasteiger partial charge is 0.279 e. The number of rotatable bonds is 9. The Hall–Kier alpha value is -0.210. The number of ether oxygens (including phenoxy) is 1. The van der Waals surface area contributed by atoms with Crippen molar-refractivity contribution in [2.45, 2.75) is 52.7 Å². The summed E-state index contributed by atoms with van der Waals surface area (Å²) in [5.74, 6) is 0.571. The van der Waals surface area contributed by atoms with Crippen LogP contribution in [0.3, 0.4) is 0 Å². The van der Waals surface area contributed by atoms with Gasteiger partial charge in [-0.25, -0.2) is 0 Å². The zero-order valence-corrected chi connectivity index (χ0v) is 14.6. The first kappa shape index (κ1) is 18.8. The standard InChI is InChI=1S/C14H31N3O3S/c1-5-20-13(4)10-16-21(18,19)17-8-6-14(7-9-17)11-15-12(2)3/h12-16H,5-11H2,1-4H3. The number of hydrogen-bond acceptors (Lipinski definition) is 4. The number of nitrogens with one attached hydrogen (secondary N) is 2. The highest BCUT2D eigenvalue weighted by molar-refractivity contribution is 7.87. The van der Waals surface area contributed by atoms with E-state index >= 15 is 0 Å². The molecule has 0 aliphatic carbocycles. The van der Waals surface area contributed by atoms with E-state index in [1.54, 1.807) is 4.31 Å². The van der Waals surface area contributed by atoms with Gasteiger partial charge in [-0.3, -0.25) is 0 Å². The summed E-state index contributed by atoms with van der Waals surface area (Å²) in [6.07, 6.45) is 1.74. The molecule has 0 bridgehead atoms. The van der Waals surface area contributed by atoms with E-state index in [1.807, 2.05) is 13.8 Å². The van der Waals surface area contributed by atoms with Crippen LogP contribution in [0, 0.1) is 5.92 Å². The minimum absolute atomic E-state index is 0.0995. The van der Waals surface area contributed by atoms with Crippen molar-refractivity contribution in [3.05, 3.63) is 0 Å². The van der Waals surface area contributed by atoms with Crippen molar-refractivity contribution >= 4 is 10.2 Å². The third-order valence-corrected chi connectivity index (χ3v) is 5.31. The lowest BCUT2D eigenvalue weighted by molar-refractivity contribution is 0.0795. The van der Waals surface area contributed by atoms with Gasteiger partial charge in [-0.05, 0) is 39.2 Å². The molecular formula is C14H31N3O3S. The Morgan fingerprint density at radius 1 is 1.24 bits per heavy atom. The van der Waals surface area contributed by atoms with E-state index in [-0.39, 0.29) is 6.10 Å². The van der Waals surface area contributed by atoms with Crippen molar-refractivity contribution in [1.82, 2.24) is 14.3 Å². The van der Waals surface area contributed by atoms with Gasteiger partial charge in [-0.15, -0.1) is 0 Å². The summed E-state index contributed by atoms with van der Waals surface area (Å²) in [5, 5.41) is 3.42. The Morgan fingerprint density at radius 3 is 2.38 bits per heavy atom. The minimum Gasteiger partial charge on any atom is -0.377 e. The van der Waals surface area contributed by atoms with Gasteiger partial charge in [0.1, 0.15) is 0 Å². The van der Waals surface area contributed by atoms with Gasteiger partial charge in [0.15, 0.2) is 0 Å². The molecule has 1 aliphatic rings. The van der Waals surface area contributed by atoms with E-state index in [1.165, 1.54) is 0 Å². The van der Waals surface area contributed by atoms with Crippen LogP contribution in [0.1, 0.15) is 40.5 Å². The Labute approximate surface area is 129 Å². The molecule has 7 heteroatoms. The van der Waals surface area contributed by atoms with Crippen LogP contribution in [-0.4, -0.2) is 57.7 Å². The first-order valence-corrected chi connectivity index (χ1v) is 9.38. The van der Waals surface area contributed by atoms with Crippen LogP contribution in [0.4, 0.5) is 0 Å². The topological polar surface area (TPSA) is 70.7 Å². The summed E-state index contributed by atoms with van der Waals surface area (Å²) in [4.78, 5) is 0. The van der Waals surface area contributed by atoms with E-state index in [4.69, 9.17) is 4.74 Å². The van der Waals surface area contributed by atoms with Gasteiger partial charge < -0.3 is 10.1 Å². The van der Waals surface area contributed by atoms with E-state index in [2.05, 4.69) is 23.9 Å². The molecule has 1 saturated heterocycles. The lowest BCUT2D eigenvalue weighted by Crippen LogP contribution is -2.47. The van der Waals surface area contributed by atoms with Crippen LogP contribution in [0.2, 0.25) is 0 Å². The molecule has 1 atom stereocenters. The molecule has 1 rings (SSSR count). The highest BCUT2D eigenvalue weighted by Gasteiger charge is 2.27.